The highest BCUT2D eigenvalue weighted by Gasteiger charge is 2.12. The molecule has 0 fully saturated rings. The number of hydrogen-bond acceptors (Lipinski definition) is 3. The number of hydrogen-bond donors (Lipinski definition) is 3. The highest BCUT2D eigenvalue weighted by Crippen LogP contribution is 2.23. The van der Waals surface area contributed by atoms with Crippen molar-refractivity contribution in [1.29, 1.82) is 0 Å². The molecule has 1 atom stereocenters. The van der Waals surface area contributed by atoms with Crippen molar-refractivity contribution in [2.45, 2.75) is 25.9 Å². The van der Waals surface area contributed by atoms with Gasteiger partial charge in [0.1, 0.15) is 0 Å². The predicted molar refractivity (Wildman–Crippen MR) is 120 cm³/mol. The van der Waals surface area contributed by atoms with Gasteiger partial charge >= 0.3 is 0 Å². The van der Waals surface area contributed by atoms with Crippen LogP contribution in [0.4, 0.5) is 0 Å². The van der Waals surface area contributed by atoms with Crippen molar-refractivity contribution >= 4 is 53.1 Å². The van der Waals surface area contributed by atoms with Crippen LogP contribution in [-0.2, 0) is 24.5 Å². The van der Waals surface area contributed by atoms with Gasteiger partial charge in [0.2, 0.25) is 0 Å². The molecule has 1 heterocycles. The van der Waals surface area contributed by atoms with E-state index in [0.717, 1.165) is 5.56 Å². The molecular formula is C19H22Cl2IN3O2. The summed E-state index contributed by atoms with van der Waals surface area (Å²) in [7, 11) is 1.69. The molecule has 5 nitrogen and oxygen atoms in total. The summed E-state index contributed by atoms with van der Waals surface area (Å²) < 4.78 is 5.44. The summed E-state index contributed by atoms with van der Waals surface area (Å²) in [5.41, 5.74) is 4.29. The van der Waals surface area contributed by atoms with Crippen LogP contribution in [-0.4, -0.2) is 24.7 Å². The largest absolute Gasteiger partial charge is 0.387 e. The van der Waals surface area contributed by atoms with Crippen LogP contribution in [0.5, 0.6) is 0 Å². The number of halogens is 3. The van der Waals surface area contributed by atoms with E-state index < -0.39 is 6.10 Å². The summed E-state index contributed by atoms with van der Waals surface area (Å²) in [6.45, 7) is 2.28. The van der Waals surface area contributed by atoms with Gasteiger partial charge in [-0.3, -0.25) is 4.99 Å². The predicted octanol–water partition coefficient (Wildman–Crippen LogP) is 4.04. The maximum Gasteiger partial charge on any atom is 0.191 e. The van der Waals surface area contributed by atoms with Crippen LogP contribution in [0, 0.1) is 0 Å². The summed E-state index contributed by atoms with van der Waals surface area (Å²) in [6, 6.07) is 11.4. The smallest absolute Gasteiger partial charge is 0.191 e. The Morgan fingerprint density at radius 2 is 1.81 bits per heavy atom. The average molecular weight is 522 g/mol. The highest BCUT2D eigenvalue weighted by atomic mass is 127. The van der Waals surface area contributed by atoms with E-state index in [-0.39, 0.29) is 30.5 Å². The third kappa shape index (κ3) is 6.22. The van der Waals surface area contributed by atoms with E-state index in [1.54, 1.807) is 25.2 Å². The minimum atomic E-state index is -0.748. The fourth-order valence-corrected chi connectivity index (χ4v) is 3.36. The summed E-state index contributed by atoms with van der Waals surface area (Å²) in [4.78, 5) is 4.18. The SMILES string of the molecule is CN=C(NCc1ccc2c(c1)COC2)NCC(O)c1cc(Cl)cc(Cl)c1.I. The Morgan fingerprint density at radius 3 is 2.52 bits per heavy atom. The van der Waals surface area contributed by atoms with Crippen LogP contribution in [0.1, 0.15) is 28.4 Å². The number of rotatable bonds is 5. The van der Waals surface area contributed by atoms with E-state index in [1.165, 1.54) is 11.1 Å². The number of nitrogens with one attached hydrogen (secondary N) is 2. The lowest BCUT2D eigenvalue weighted by Gasteiger charge is -2.16. The maximum absolute atomic E-state index is 10.3. The molecule has 0 bridgehead atoms. The minimum Gasteiger partial charge on any atom is -0.387 e. The van der Waals surface area contributed by atoms with E-state index >= 15 is 0 Å². The van der Waals surface area contributed by atoms with Crippen molar-refractivity contribution < 1.29 is 9.84 Å². The van der Waals surface area contributed by atoms with Gasteiger partial charge in [-0.25, -0.2) is 0 Å². The summed E-state index contributed by atoms with van der Waals surface area (Å²) in [5.74, 6) is 0.605. The van der Waals surface area contributed by atoms with Crippen LogP contribution in [0.25, 0.3) is 0 Å². The molecule has 0 aromatic heterocycles. The molecule has 2 aromatic rings. The summed E-state index contributed by atoms with van der Waals surface area (Å²) in [6.07, 6.45) is -0.748. The Balaban J connectivity index is 0.00000261. The molecule has 1 unspecified atom stereocenters. The number of aliphatic hydroxyl groups excluding tert-OH is 1. The normalized spacial score (nSPS) is 14.3. The van der Waals surface area contributed by atoms with Crippen molar-refractivity contribution in [3.05, 3.63) is 68.7 Å². The lowest BCUT2D eigenvalue weighted by Crippen LogP contribution is -2.39. The third-order valence-corrected chi connectivity index (χ3v) is 4.64. The van der Waals surface area contributed by atoms with Crippen LogP contribution < -0.4 is 10.6 Å². The van der Waals surface area contributed by atoms with Crippen molar-refractivity contribution in [3.63, 3.8) is 0 Å². The zero-order valence-electron chi connectivity index (χ0n) is 14.8. The second-order valence-electron chi connectivity index (χ2n) is 6.12. The van der Waals surface area contributed by atoms with Crippen LogP contribution in [0.15, 0.2) is 41.4 Å². The number of fused-ring (bicyclic) bond motifs is 1. The van der Waals surface area contributed by atoms with Gasteiger partial charge in [0.05, 0.1) is 19.3 Å². The van der Waals surface area contributed by atoms with E-state index in [4.69, 9.17) is 27.9 Å². The fraction of sp³-hybridized carbons (Fsp3) is 0.316. The van der Waals surface area contributed by atoms with E-state index in [2.05, 4.69) is 33.8 Å². The molecule has 3 N–H and O–H groups in total. The monoisotopic (exact) mass is 521 g/mol. The molecule has 3 rings (SSSR count). The molecule has 8 heteroatoms. The molecule has 0 spiro atoms. The first kappa shape index (κ1) is 22.2. The Labute approximate surface area is 186 Å². The number of ether oxygens (including phenoxy) is 1. The van der Waals surface area contributed by atoms with E-state index in [9.17, 15) is 5.11 Å². The molecule has 0 saturated heterocycles. The summed E-state index contributed by atoms with van der Waals surface area (Å²) >= 11 is 12.0. The second-order valence-corrected chi connectivity index (χ2v) is 6.99. The van der Waals surface area contributed by atoms with Crippen LogP contribution >= 0.6 is 47.2 Å². The van der Waals surface area contributed by atoms with Gasteiger partial charge in [-0.15, -0.1) is 24.0 Å². The molecule has 146 valence electrons. The highest BCUT2D eigenvalue weighted by molar-refractivity contribution is 14.0. The van der Waals surface area contributed by atoms with Crippen molar-refractivity contribution in [3.8, 4) is 0 Å². The van der Waals surface area contributed by atoms with Crippen LogP contribution in [0.3, 0.4) is 0 Å². The second kappa shape index (κ2) is 10.5. The van der Waals surface area contributed by atoms with Gasteiger partial charge in [-0.2, -0.15) is 0 Å². The average Bonchev–Trinajstić information content (AvgIpc) is 3.08. The number of nitrogens with zero attached hydrogens (tertiary/aromatic N) is 1. The molecule has 0 radical (unpaired) electrons. The maximum atomic E-state index is 10.3. The van der Waals surface area contributed by atoms with Crippen LogP contribution in [0.2, 0.25) is 10.0 Å². The van der Waals surface area contributed by atoms with Gasteiger partial charge < -0.3 is 20.5 Å². The van der Waals surface area contributed by atoms with Crippen molar-refractivity contribution in [2.75, 3.05) is 13.6 Å². The van der Waals surface area contributed by atoms with Gasteiger partial charge in [-0.05, 0) is 40.5 Å². The standard InChI is InChI=1S/C19H21Cl2N3O2.HI/c1-22-19(23-8-12-2-3-13-10-26-11-15(13)4-12)24-9-18(25)14-5-16(20)7-17(21)6-14;/h2-7,18,25H,8-11H2,1H3,(H2,22,23,24);1H. The first-order chi connectivity index (χ1) is 12.5. The molecular weight excluding hydrogens is 500 g/mol. The summed E-state index contributed by atoms with van der Waals surface area (Å²) in [5, 5.41) is 17.7. The van der Waals surface area contributed by atoms with Crippen molar-refractivity contribution in [2.24, 2.45) is 4.99 Å². The lowest BCUT2D eigenvalue weighted by atomic mass is 10.1. The Bertz CT molecular complexity index is 797. The molecule has 1 aliphatic rings. The quantitative estimate of drug-likeness (QED) is 0.315. The topological polar surface area (TPSA) is 65.9 Å². The molecule has 0 amide bonds. The van der Waals surface area contributed by atoms with Crippen molar-refractivity contribution in [1.82, 2.24) is 10.6 Å². The number of aliphatic imine (C=N–C) groups is 1. The Morgan fingerprint density at radius 1 is 1.11 bits per heavy atom. The molecule has 0 saturated carbocycles. The first-order valence-electron chi connectivity index (χ1n) is 8.32. The molecule has 27 heavy (non-hydrogen) atoms. The van der Waals surface area contributed by atoms with E-state index in [1.807, 2.05) is 0 Å². The van der Waals surface area contributed by atoms with E-state index in [0.29, 0.717) is 41.3 Å². The molecule has 1 aliphatic heterocycles. The Kier molecular flexibility index (Phi) is 8.62. The number of guanidine groups is 1. The van der Waals surface area contributed by atoms with Gasteiger partial charge in [-0.1, -0.05) is 41.4 Å². The van der Waals surface area contributed by atoms with Gasteiger partial charge in [0, 0.05) is 30.2 Å². The van der Waals surface area contributed by atoms with Gasteiger partial charge in [0.15, 0.2) is 5.96 Å². The first-order valence-corrected chi connectivity index (χ1v) is 9.08. The Hall–Kier alpha value is -1.06. The lowest BCUT2D eigenvalue weighted by molar-refractivity contribution is 0.134. The zero-order chi connectivity index (χ0) is 18.5. The minimum absolute atomic E-state index is 0. The molecule has 2 aromatic carbocycles. The number of aliphatic hydroxyl groups is 1. The molecule has 0 aliphatic carbocycles. The number of benzene rings is 2. The van der Waals surface area contributed by atoms with Gasteiger partial charge in [0.25, 0.3) is 0 Å². The third-order valence-electron chi connectivity index (χ3n) is 4.20. The fourth-order valence-electron chi connectivity index (χ4n) is 2.82. The zero-order valence-corrected chi connectivity index (χ0v) is 18.7.